The molecule has 0 unspecified atom stereocenters. The lowest BCUT2D eigenvalue weighted by Crippen LogP contribution is -2.27. The third-order valence-electron chi connectivity index (χ3n) is 4.04. The fourth-order valence-electron chi connectivity index (χ4n) is 2.54. The minimum absolute atomic E-state index is 0.201. The first-order valence-corrected chi connectivity index (χ1v) is 8.54. The van der Waals surface area contributed by atoms with Crippen molar-refractivity contribution >= 4 is 34.8 Å². The van der Waals surface area contributed by atoms with E-state index in [0.717, 1.165) is 16.9 Å². The molecule has 0 saturated carbocycles. The lowest BCUT2D eigenvalue weighted by molar-refractivity contribution is 0.0988. The van der Waals surface area contributed by atoms with Gasteiger partial charge in [0.25, 0.3) is 5.91 Å². The zero-order chi connectivity index (χ0) is 18.7. The van der Waals surface area contributed by atoms with Gasteiger partial charge in [-0.05, 0) is 49.7 Å². The second-order valence-corrected chi connectivity index (χ2v) is 6.36. The summed E-state index contributed by atoms with van der Waals surface area (Å²) in [5.74, 6) is 0.160. The number of carbonyl (C=O) groups is 1. The number of para-hydroxylation sites is 1. The number of carbonyl (C=O) groups excluding carboxylic acids is 1. The van der Waals surface area contributed by atoms with E-state index in [1.54, 1.807) is 18.0 Å². The molecule has 1 aromatic heterocycles. The van der Waals surface area contributed by atoms with Crippen molar-refractivity contribution in [1.29, 1.82) is 0 Å². The maximum atomic E-state index is 12.8. The van der Waals surface area contributed by atoms with Crippen molar-refractivity contribution in [3.63, 3.8) is 0 Å². The topological polar surface area (TPSA) is 58.1 Å². The van der Waals surface area contributed by atoms with Crippen LogP contribution in [0.15, 0.2) is 54.6 Å². The van der Waals surface area contributed by atoms with E-state index in [4.69, 9.17) is 11.6 Å². The molecule has 0 aliphatic heterocycles. The number of nitrogens with zero attached hydrogens (tertiary/aromatic N) is 3. The minimum atomic E-state index is -0.201. The Morgan fingerprint density at radius 2 is 1.77 bits per heavy atom. The molecule has 132 valence electrons. The van der Waals surface area contributed by atoms with Crippen molar-refractivity contribution in [1.82, 2.24) is 9.97 Å². The number of amides is 1. The van der Waals surface area contributed by atoms with Crippen molar-refractivity contribution in [2.45, 2.75) is 13.8 Å². The Balaban J connectivity index is 1.90. The quantitative estimate of drug-likeness (QED) is 0.722. The summed E-state index contributed by atoms with van der Waals surface area (Å²) in [6.45, 7) is 3.74. The van der Waals surface area contributed by atoms with Crippen LogP contribution in [0.1, 0.15) is 21.7 Å². The zero-order valence-electron chi connectivity index (χ0n) is 14.8. The first kappa shape index (κ1) is 17.9. The van der Waals surface area contributed by atoms with Crippen LogP contribution >= 0.6 is 11.6 Å². The highest BCUT2D eigenvalue weighted by molar-refractivity contribution is 6.31. The van der Waals surface area contributed by atoms with Gasteiger partial charge in [0, 0.05) is 29.1 Å². The average molecular weight is 367 g/mol. The van der Waals surface area contributed by atoms with Crippen LogP contribution in [0.25, 0.3) is 0 Å². The number of hydrogen-bond donors (Lipinski definition) is 1. The Kier molecular flexibility index (Phi) is 5.19. The van der Waals surface area contributed by atoms with Gasteiger partial charge in [-0.3, -0.25) is 4.79 Å². The van der Waals surface area contributed by atoms with E-state index in [1.807, 2.05) is 62.4 Å². The van der Waals surface area contributed by atoms with E-state index < -0.39 is 0 Å². The molecular weight excluding hydrogens is 348 g/mol. The smallest absolute Gasteiger partial charge is 0.276 e. The average Bonchev–Trinajstić information content (AvgIpc) is 2.64. The predicted octanol–water partition coefficient (Wildman–Crippen LogP) is 4.77. The van der Waals surface area contributed by atoms with Crippen LogP contribution in [0.4, 0.5) is 17.3 Å². The van der Waals surface area contributed by atoms with Crippen LogP contribution in [0.5, 0.6) is 0 Å². The molecule has 2 aromatic carbocycles. The summed E-state index contributed by atoms with van der Waals surface area (Å²) in [5.41, 5.74) is 3.53. The van der Waals surface area contributed by atoms with Crippen molar-refractivity contribution < 1.29 is 4.79 Å². The molecule has 3 rings (SSSR count). The Morgan fingerprint density at radius 1 is 1.04 bits per heavy atom. The normalized spacial score (nSPS) is 10.5. The van der Waals surface area contributed by atoms with Gasteiger partial charge in [0.15, 0.2) is 0 Å². The number of rotatable bonds is 4. The highest BCUT2D eigenvalue weighted by atomic mass is 35.5. The third kappa shape index (κ3) is 3.83. The number of hydrogen-bond acceptors (Lipinski definition) is 4. The second-order valence-electron chi connectivity index (χ2n) is 5.96. The Labute approximate surface area is 157 Å². The van der Waals surface area contributed by atoms with Gasteiger partial charge in [0.05, 0.1) is 0 Å². The van der Waals surface area contributed by atoms with Crippen LogP contribution in [0, 0.1) is 13.8 Å². The fraction of sp³-hybridized carbons (Fsp3) is 0.150. The largest absolute Gasteiger partial charge is 0.324 e. The van der Waals surface area contributed by atoms with Crippen molar-refractivity contribution in [2.24, 2.45) is 0 Å². The molecule has 0 spiro atoms. The van der Waals surface area contributed by atoms with E-state index in [1.165, 1.54) is 0 Å². The standard InChI is InChI=1S/C20H19ClN4O/c1-13-12-18(19(26)25(3)15-8-5-4-6-9-15)24-20(22-13)23-17-11-7-10-16(21)14(17)2/h4-12H,1-3H3,(H,22,23,24). The number of halogens is 1. The summed E-state index contributed by atoms with van der Waals surface area (Å²) in [4.78, 5) is 23.1. The van der Waals surface area contributed by atoms with Crippen LogP contribution in [-0.2, 0) is 0 Å². The third-order valence-corrected chi connectivity index (χ3v) is 4.45. The number of aromatic nitrogens is 2. The molecule has 1 N–H and O–H groups in total. The summed E-state index contributed by atoms with van der Waals surface area (Å²) >= 11 is 6.16. The van der Waals surface area contributed by atoms with Crippen LogP contribution in [0.2, 0.25) is 5.02 Å². The van der Waals surface area contributed by atoms with Gasteiger partial charge in [-0.1, -0.05) is 35.9 Å². The Bertz CT molecular complexity index is 944. The monoisotopic (exact) mass is 366 g/mol. The van der Waals surface area contributed by atoms with Crippen LogP contribution < -0.4 is 10.2 Å². The first-order valence-electron chi connectivity index (χ1n) is 8.16. The van der Waals surface area contributed by atoms with Crippen LogP contribution in [-0.4, -0.2) is 22.9 Å². The van der Waals surface area contributed by atoms with Gasteiger partial charge < -0.3 is 10.2 Å². The van der Waals surface area contributed by atoms with Gasteiger partial charge in [0.2, 0.25) is 5.95 Å². The molecular formula is C20H19ClN4O. The highest BCUT2D eigenvalue weighted by Crippen LogP contribution is 2.25. The molecule has 0 saturated heterocycles. The number of nitrogens with one attached hydrogen (secondary N) is 1. The highest BCUT2D eigenvalue weighted by Gasteiger charge is 2.17. The molecule has 0 fully saturated rings. The molecule has 0 aliphatic carbocycles. The molecule has 1 amide bonds. The summed E-state index contributed by atoms with van der Waals surface area (Å²) in [6, 6.07) is 16.7. The molecule has 26 heavy (non-hydrogen) atoms. The molecule has 0 aliphatic rings. The Hall–Kier alpha value is -2.92. The van der Waals surface area contributed by atoms with E-state index in [0.29, 0.717) is 22.4 Å². The van der Waals surface area contributed by atoms with E-state index in [9.17, 15) is 4.79 Å². The van der Waals surface area contributed by atoms with E-state index in [2.05, 4.69) is 15.3 Å². The molecule has 5 nitrogen and oxygen atoms in total. The van der Waals surface area contributed by atoms with Gasteiger partial charge in [-0.2, -0.15) is 0 Å². The second kappa shape index (κ2) is 7.54. The number of anilines is 3. The van der Waals surface area contributed by atoms with Crippen molar-refractivity contribution in [3.05, 3.63) is 76.6 Å². The maximum absolute atomic E-state index is 12.8. The summed E-state index contributed by atoms with van der Waals surface area (Å²) in [6.07, 6.45) is 0. The van der Waals surface area contributed by atoms with E-state index >= 15 is 0 Å². The predicted molar refractivity (Wildman–Crippen MR) is 105 cm³/mol. The SMILES string of the molecule is Cc1cc(C(=O)N(C)c2ccccc2)nc(Nc2cccc(Cl)c2C)n1. The fourth-order valence-corrected chi connectivity index (χ4v) is 2.71. The minimum Gasteiger partial charge on any atom is -0.324 e. The van der Waals surface area contributed by atoms with Gasteiger partial charge in [-0.25, -0.2) is 9.97 Å². The molecule has 6 heteroatoms. The summed E-state index contributed by atoms with van der Waals surface area (Å²) in [7, 11) is 1.73. The molecule has 0 atom stereocenters. The van der Waals surface area contributed by atoms with Crippen molar-refractivity contribution in [2.75, 3.05) is 17.3 Å². The summed E-state index contributed by atoms with van der Waals surface area (Å²) < 4.78 is 0. The van der Waals surface area contributed by atoms with Gasteiger partial charge in [0.1, 0.15) is 5.69 Å². The Morgan fingerprint density at radius 3 is 2.50 bits per heavy atom. The maximum Gasteiger partial charge on any atom is 0.276 e. The molecule has 1 heterocycles. The molecule has 0 bridgehead atoms. The van der Waals surface area contributed by atoms with Gasteiger partial charge in [-0.15, -0.1) is 0 Å². The molecule has 3 aromatic rings. The zero-order valence-corrected chi connectivity index (χ0v) is 15.6. The summed E-state index contributed by atoms with van der Waals surface area (Å²) in [5, 5.41) is 3.81. The lowest BCUT2D eigenvalue weighted by atomic mass is 10.2. The number of benzene rings is 2. The number of aryl methyl sites for hydroxylation is 1. The van der Waals surface area contributed by atoms with Crippen molar-refractivity contribution in [3.8, 4) is 0 Å². The lowest BCUT2D eigenvalue weighted by Gasteiger charge is -2.17. The molecule has 0 radical (unpaired) electrons. The van der Waals surface area contributed by atoms with E-state index in [-0.39, 0.29) is 5.91 Å². The van der Waals surface area contributed by atoms with Gasteiger partial charge >= 0.3 is 0 Å². The van der Waals surface area contributed by atoms with Crippen LogP contribution in [0.3, 0.4) is 0 Å². The first-order chi connectivity index (χ1) is 12.5.